The highest BCUT2D eigenvalue weighted by Gasteiger charge is 1.75. The van der Waals surface area contributed by atoms with Crippen LogP contribution in [0, 0.1) is 12.3 Å². The molecule has 0 aromatic carbocycles. The van der Waals surface area contributed by atoms with E-state index in [0.29, 0.717) is 12.8 Å². The number of nitrogens with zero attached hydrogens (tertiary/aromatic N) is 1. The van der Waals surface area contributed by atoms with Crippen LogP contribution in [0.1, 0.15) is 0 Å². The zero-order valence-corrected chi connectivity index (χ0v) is 5.97. The maximum Gasteiger partial charge on any atom is 0.0785 e. The molecule has 0 saturated heterocycles. The summed E-state index contributed by atoms with van der Waals surface area (Å²) in [5.74, 6) is 2.36. The lowest BCUT2D eigenvalue weighted by atomic mass is 10.3. The van der Waals surface area contributed by atoms with Gasteiger partial charge < -0.3 is 0 Å². The van der Waals surface area contributed by atoms with Gasteiger partial charge >= 0.3 is 0 Å². The van der Waals surface area contributed by atoms with Crippen LogP contribution in [0.2, 0.25) is 0 Å². The molecule has 0 rings (SSSR count). The van der Waals surface area contributed by atoms with Crippen molar-refractivity contribution in [3.05, 3.63) is 24.4 Å². The van der Waals surface area contributed by atoms with Crippen LogP contribution in [0.15, 0.2) is 29.4 Å². The lowest BCUT2D eigenvalue weighted by molar-refractivity contribution is 0.636. The highest BCUT2D eigenvalue weighted by atomic mass is 19.1. The number of allylic oxidation sites excluding steroid dienone is 2. The van der Waals surface area contributed by atoms with E-state index >= 15 is 0 Å². The van der Waals surface area contributed by atoms with Crippen LogP contribution in [-0.4, -0.2) is 13.9 Å². The molecule has 1 nitrogen and oxygen atoms in total. The fourth-order valence-electron chi connectivity index (χ4n) is 0.247. The average Bonchev–Trinajstić information content (AvgIpc) is 2.04. The summed E-state index contributed by atoms with van der Waals surface area (Å²) in [5, 5.41) is 0. The highest BCUT2D eigenvalue weighted by molar-refractivity contribution is 5.37. The van der Waals surface area contributed by atoms with Crippen molar-refractivity contribution in [2.75, 3.05) is 7.18 Å². The van der Waals surface area contributed by atoms with Gasteiger partial charge in [0.1, 0.15) is 0 Å². The molecule has 0 heterocycles. The molecule has 2 heteroatoms. The van der Waals surface area contributed by atoms with Crippen molar-refractivity contribution in [3.8, 4) is 12.3 Å². The first-order chi connectivity index (χ1) is 4.85. The standard InChI is InChI=1S/C7H7N.CH3F/c1-4-7(5-2)6-8-3;1-2/h1,5-6H,2-3H2;1H3/b7-6-;. The molecular weight excluding hydrogens is 129 g/mol. The summed E-state index contributed by atoms with van der Waals surface area (Å²) in [4.78, 5) is 3.45. The first-order valence-corrected chi connectivity index (χ1v) is 2.48. The molecule has 0 aliphatic rings. The number of rotatable bonds is 2. The second kappa shape index (κ2) is 10.6. The zero-order valence-electron chi connectivity index (χ0n) is 5.97. The van der Waals surface area contributed by atoms with Crippen LogP contribution in [0.3, 0.4) is 0 Å². The van der Waals surface area contributed by atoms with E-state index in [1.54, 1.807) is 6.08 Å². The second-order valence-electron chi connectivity index (χ2n) is 1.12. The van der Waals surface area contributed by atoms with Crippen molar-refractivity contribution < 1.29 is 4.39 Å². The zero-order chi connectivity index (χ0) is 8.41. The number of hydrogen-bond donors (Lipinski definition) is 0. The Kier molecular flexibility index (Phi) is 12.1. The fraction of sp³-hybridized carbons (Fsp3) is 0.125. The van der Waals surface area contributed by atoms with Gasteiger partial charge in [0.25, 0.3) is 0 Å². The van der Waals surface area contributed by atoms with Gasteiger partial charge in [0.2, 0.25) is 0 Å². The molecule has 0 aromatic heterocycles. The Morgan fingerprint density at radius 3 is 2.30 bits per heavy atom. The third-order valence-electron chi connectivity index (χ3n) is 0.617. The monoisotopic (exact) mass is 139 g/mol. The summed E-state index contributed by atoms with van der Waals surface area (Å²) in [5.41, 5.74) is 0.653. The topological polar surface area (TPSA) is 12.4 Å². The summed E-state index contributed by atoms with van der Waals surface area (Å²) in [6, 6.07) is 0. The number of hydrogen-bond acceptors (Lipinski definition) is 1. The molecule has 0 amide bonds. The third kappa shape index (κ3) is 6.64. The maximum absolute atomic E-state index is 9.50. The minimum absolute atomic E-state index is 0.500. The van der Waals surface area contributed by atoms with E-state index < -0.39 is 0 Å². The summed E-state index contributed by atoms with van der Waals surface area (Å²) in [6.07, 6.45) is 8.02. The lowest BCUT2D eigenvalue weighted by Gasteiger charge is -1.79. The normalized spacial score (nSPS) is 8.30. The van der Waals surface area contributed by atoms with Crippen molar-refractivity contribution in [3.63, 3.8) is 0 Å². The Balaban J connectivity index is 0. The van der Waals surface area contributed by atoms with Gasteiger partial charge in [0.15, 0.2) is 0 Å². The number of alkyl halides is 1. The first-order valence-electron chi connectivity index (χ1n) is 2.48. The van der Waals surface area contributed by atoms with E-state index in [1.807, 2.05) is 0 Å². The molecule has 0 spiro atoms. The summed E-state index contributed by atoms with van der Waals surface area (Å²) >= 11 is 0. The fourth-order valence-corrected chi connectivity index (χ4v) is 0.247. The molecule has 0 aliphatic carbocycles. The molecular formula is C8H10FN. The summed E-state index contributed by atoms with van der Waals surface area (Å²) in [6.45, 7) is 6.68. The number of terminal acetylenes is 1. The van der Waals surface area contributed by atoms with Crippen LogP contribution in [-0.2, 0) is 0 Å². The van der Waals surface area contributed by atoms with Gasteiger partial charge in [-0.3, -0.25) is 9.38 Å². The van der Waals surface area contributed by atoms with Crippen molar-refractivity contribution in [2.24, 2.45) is 4.99 Å². The minimum Gasteiger partial charge on any atom is -0.271 e. The Bertz CT molecular complexity index is 163. The van der Waals surface area contributed by atoms with Gasteiger partial charge in [0.05, 0.1) is 7.18 Å². The molecule has 0 fully saturated rings. The van der Waals surface area contributed by atoms with E-state index in [-0.39, 0.29) is 0 Å². The van der Waals surface area contributed by atoms with Crippen LogP contribution < -0.4 is 0 Å². The third-order valence-corrected chi connectivity index (χ3v) is 0.617. The summed E-state index contributed by atoms with van der Waals surface area (Å²) < 4.78 is 9.50. The SMILES string of the molecule is C#C/C(C=C)=C/N=C.CF. The Labute approximate surface area is 61.0 Å². The number of aliphatic imine (C=N–C) groups is 1. The van der Waals surface area contributed by atoms with Crippen LogP contribution in [0.4, 0.5) is 4.39 Å². The highest BCUT2D eigenvalue weighted by Crippen LogP contribution is 1.90. The van der Waals surface area contributed by atoms with Gasteiger partial charge in [-0.15, -0.1) is 6.42 Å². The quantitative estimate of drug-likeness (QED) is 0.315. The predicted octanol–water partition coefficient (Wildman–Crippen LogP) is 1.98. The van der Waals surface area contributed by atoms with E-state index in [1.165, 1.54) is 6.20 Å². The largest absolute Gasteiger partial charge is 0.271 e. The molecule has 0 unspecified atom stereocenters. The second-order valence-corrected chi connectivity index (χ2v) is 1.12. The van der Waals surface area contributed by atoms with Crippen molar-refractivity contribution in [1.29, 1.82) is 0 Å². The maximum atomic E-state index is 9.50. The number of halogens is 1. The minimum atomic E-state index is 0.500. The molecule has 0 atom stereocenters. The molecule has 0 saturated carbocycles. The van der Waals surface area contributed by atoms with Gasteiger partial charge in [0, 0.05) is 11.8 Å². The van der Waals surface area contributed by atoms with Crippen molar-refractivity contribution in [1.82, 2.24) is 0 Å². The smallest absolute Gasteiger partial charge is 0.0785 e. The van der Waals surface area contributed by atoms with Gasteiger partial charge in [-0.05, 0) is 6.72 Å². The molecule has 54 valence electrons. The van der Waals surface area contributed by atoms with E-state index in [9.17, 15) is 4.39 Å². The first kappa shape index (κ1) is 11.4. The predicted molar refractivity (Wildman–Crippen MR) is 43.7 cm³/mol. The van der Waals surface area contributed by atoms with E-state index in [4.69, 9.17) is 6.42 Å². The van der Waals surface area contributed by atoms with Gasteiger partial charge in [-0.1, -0.05) is 18.6 Å². The van der Waals surface area contributed by atoms with Crippen molar-refractivity contribution in [2.45, 2.75) is 0 Å². The Hall–Kier alpha value is -1.36. The Morgan fingerprint density at radius 2 is 2.20 bits per heavy atom. The van der Waals surface area contributed by atoms with Crippen LogP contribution in [0.25, 0.3) is 0 Å². The lowest BCUT2D eigenvalue weighted by Crippen LogP contribution is -1.64. The van der Waals surface area contributed by atoms with E-state index in [2.05, 4.69) is 24.2 Å². The van der Waals surface area contributed by atoms with Crippen LogP contribution >= 0.6 is 0 Å². The average molecular weight is 139 g/mol. The molecule has 0 bridgehead atoms. The van der Waals surface area contributed by atoms with Gasteiger partial charge in [-0.2, -0.15) is 0 Å². The summed E-state index contributed by atoms with van der Waals surface area (Å²) in [7, 11) is 0.500. The molecule has 0 aliphatic heterocycles. The molecule has 0 radical (unpaired) electrons. The Morgan fingerprint density at radius 1 is 1.70 bits per heavy atom. The molecule has 10 heavy (non-hydrogen) atoms. The molecule has 0 N–H and O–H groups in total. The van der Waals surface area contributed by atoms with Gasteiger partial charge in [-0.25, -0.2) is 0 Å². The van der Waals surface area contributed by atoms with Crippen molar-refractivity contribution >= 4 is 6.72 Å². The van der Waals surface area contributed by atoms with Crippen LogP contribution in [0.5, 0.6) is 0 Å². The molecule has 0 aromatic rings. The van der Waals surface area contributed by atoms with E-state index in [0.717, 1.165) is 0 Å².